The first kappa shape index (κ1) is 59.3. The number of aliphatic hydroxyl groups excluding tert-OH is 2. The predicted octanol–water partition coefficient (Wildman–Crippen LogP) is -10.4. The summed E-state index contributed by atoms with van der Waals surface area (Å²) >= 11 is 0. The van der Waals surface area contributed by atoms with E-state index in [4.69, 9.17) is 39.5 Å². The third kappa shape index (κ3) is 24.8. The van der Waals surface area contributed by atoms with Gasteiger partial charge in [0.25, 0.3) is 0 Å². The highest BCUT2D eigenvalue weighted by Gasteiger charge is 2.35. The minimum atomic E-state index is -2.15. The van der Waals surface area contributed by atoms with Gasteiger partial charge in [0.2, 0.25) is 59.1 Å². The molecule has 10 amide bonds. The molecule has 32 heteroatoms. The second kappa shape index (κ2) is 30.4. The summed E-state index contributed by atoms with van der Waals surface area (Å²) < 4.78 is 0. The topological polar surface area (TPSA) is 576 Å². The normalized spacial score (nSPS) is 14.3. The van der Waals surface area contributed by atoms with Gasteiger partial charge in [-0.15, -0.1) is 0 Å². The highest BCUT2D eigenvalue weighted by molar-refractivity contribution is 5.99. The molecule has 0 radical (unpaired) electrons. The zero-order valence-corrected chi connectivity index (χ0v) is 35.8. The average Bonchev–Trinajstić information content (AvgIpc) is 3.23. The third-order valence-corrected chi connectivity index (χ3v) is 8.86. The first-order chi connectivity index (χ1) is 31.2. The zero-order chi connectivity index (χ0) is 51.6. The smallest absolute Gasteiger partial charge is 0.326 e. The number of amides is 10. The molecule has 0 aromatic carbocycles. The van der Waals surface area contributed by atoms with E-state index < -0.39 is 190 Å². The maximum absolute atomic E-state index is 13.6. The number of aliphatic hydroxyl groups is 2. The number of nitrogens with one attached hydrogen (secondary N) is 7. The number of aliphatic imine (C=N–C) groups is 1. The molecule has 0 unspecified atom stereocenters. The summed E-state index contributed by atoms with van der Waals surface area (Å²) in [4.78, 5) is 166. The van der Waals surface area contributed by atoms with Crippen molar-refractivity contribution in [2.75, 3.05) is 19.8 Å². The lowest BCUT2D eigenvalue weighted by molar-refractivity contribution is -0.144. The number of guanidine groups is 1. The van der Waals surface area contributed by atoms with E-state index >= 15 is 0 Å². The number of nitrogens with two attached hydrogens (primary N) is 6. The van der Waals surface area contributed by atoms with Gasteiger partial charge in [-0.3, -0.25) is 62.5 Å². The summed E-state index contributed by atoms with van der Waals surface area (Å²) in [7, 11) is 0. The minimum Gasteiger partial charge on any atom is -0.481 e. The van der Waals surface area contributed by atoms with Crippen LogP contribution < -0.4 is 71.6 Å². The lowest BCUT2D eigenvalue weighted by Crippen LogP contribution is -2.61. The maximum atomic E-state index is 13.6. The number of nitrogens with zero attached hydrogens (tertiary/aromatic N) is 1. The van der Waals surface area contributed by atoms with E-state index in [-0.39, 0.29) is 25.3 Å². The molecule has 0 rings (SSSR count). The van der Waals surface area contributed by atoms with E-state index in [2.05, 4.69) is 26.3 Å². The Kier molecular flexibility index (Phi) is 26.9. The molecule has 0 spiro atoms. The van der Waals surface area contributed by atoms with Crippen molar-refractivity contribution in [1.29, 1.82) is 0 Å². The number of carboxylic acids is 3. The SMILES string of the molecule is NC(=O)CC[C@H](NC(=O)[C@H](CO)NC(=O)[C@H](CCCN=C(N)N)NC(=O)[C@H](CCC(N)=O)NC(=O)[C@@H](N)CO)C(=O)N[C@@H](CC(=O)O)C(=O)N[C@@H](CCC(=O)O)C(=O)N[C@@H](CC(N)=O)C(=O)O. The second-order valence-corrected chi connectivity index (χ2v) is 14.4. The lowest BCUT2D eigenvalue weighted by Gasteiger charge is -2.27. The van der Waals surface area contributed by atoms with E-state index in [0.29, 0.717) is 0 Å². The van der Waals surface area contributed by atoms with Crippen molar-refractivity contribution in [3.63, 3.8) is 0 Å². The van der Waals surface area contributed by atoms with Gasteiger partial charge in [-0.2, -0.15) is 0 Å². The number of carbonyl (C=O) groups excluding carboxylic acids is 10. The van der Waals surface area contributed by atoms with Gasteiger partial charge in [-0.05, 0) is 32.1 Å². The van der Waals surface area contributed by atoms with Gasteiger partial charge in [-0.25, -0.2) is 4.79 Å². The molecule has 0 saturated heterocycles. The molecule has 0 aliphatic carbocycles. The van der Waals surface area contributed by atoms with Gasteiger partial charge in [0.05, 0.1) is 26.1 Å². The number of hydrogen-bond acceptors (Lipinski definition) is 17. The number of carbonyl (C=O) groups is 13. The second-order valence-electron chi connectivity index (χ2n) is 14.4. The van der Waals surface area contributed by atoms with E-state index in [9.17, 15) is 82.8 Å². The van der Waals surface area contributed by atoms with E-state index in [1.54, 1.807) is 0 Å². The standard InChI is InChI=1S/C35H58N14O18/c36-14(12-50)27(59)43-16(3-6-22(37)52)29(61)44-15(2-1-9-42-35(40)41)28(60)49-21(13-51)33(65)46-17(4-7-23(38)53)30(62)47-19(11-26(57)58)32(64)45-18(5-8-25(55)56)31(63)48-20(34(66)67)10-24(39)54/h14-21,50-51H,1-13,36H2,(H2,37,52)(H2,38,53)(H2,39,54)(H,43,59)(H,44,61)(H,45,64)(H,46,65)(H,47,62)(H,48,63)(H,49,60)(H,55,56)(H,57,58)(H,66,67)(H4,40,41,42)/t14-,15-,16-,17-,18-,19-,20-,21-/m0/s1. The molecule has 24 N–H and O–H groups in total. The highest BCUT2D eigenvalue weighted by atomic mass is 16.4. The van der Waals surface area contributed by atoms with Crippen LogP contribution in [0.5, 0.6) is 0 Å². The Labute approximate surface area is 379 Å². The molecular weight excluding hydrogens is 904 g/mol. The molecule has 8 atom stereocenters. The molecule has 32 nitrogen and oxygen atoms in total. The number of primary amides is 3. The van der Waals surface area contributed by atoms with Crippen LogP contribution in [0.2, 0.25) is 0 Å². The van der Waals surface area contributed by atoms with Crippen LogP contribution in [0.1, 0.15) is 64.2 Å². The summed E-state index contributed by atoms with van der Waals surface area (Å²) in [6.07, 6.45) is -6.23. The molecular formula is C35H58N14O18. The molecule has 0 aromatic rings. The number of hydrogen-bond donors (Lipinski definition) is 18. The predicted molar refractivity (Wildman–Crippen MR) is 223 cm³/mol. The monoisotopic (exact) mass is 962 g/mol. The van der Waals surface area contributed by atoms with Crippen molar-refractivity contribution in [3.05, 3.63) is 0 Å². The third-order valence-electron chi connectivity index (χ3n) is 8.86. The summed E-state index contributed by atoms with van der Waals surface area (Å²) in [5, 5.41) is 62.0. The summed E-state index contributed by atoms with van der Waals surface area (Å²) in [5.41, 5.74) is 31.6. The van der Waals surface area contributed by atoms with Gasteiger partial charge in [-0.1, -0.05) is 0 Å². The van der Waals surface area contributed by atoms with Crippen LogP contribution in [0, 0.1) is 0 Å². The van der Waals surface area contributed by atoms with E-state index in [0.717, 1.165) is 0 Å². The Morgan fingerprint density at radius 2 is 0.791 bits per heavy atom. The molecule has 0 aliphatic rings. The van der Waals surface area contributed by atoms with Gasteiger partial charge in [0.1, 0.15) is 48.3 Å². The highest BCUT2D eigenvalue weighted by Crippen LogP contribution is 2.08. The Morgan fingerprint density at radius 3 is 1.16 bits per heavy atom. The van der Waals surface area contributed by atoms with Crippen molar-refractivity contribution in [2.24, 2.45) is 39.4 Å². The largest absolute Gasteiger partial charge is 0.481 e. The fourth-order valence-electron chi connectivity index (χ4n) is 5.39. The van der Waals surface area contributed by atoms with E-state index in [1.165, 1.54) is 0 Å². The van der Waals surface area contributed by atoms with Crippen molar-refractivity contribution >= 4 is 82.9 Å². The van der Waals surface area contributed by atoms with Crippen LogP contribution in [-0.2, 0) is 62.3 Å². The van der Waals surface area contributed by atoms with Crippen LogP contribution >= 0.6 is 0 Å². The first-order valence-electron chi connectivity index (χ1n) is 19.9. The summed E-state index contributed by atoms with van der Waals surface area (Å²) in [6, 6.07) is -14.6. The molecule has 0 fully saturated rings. The summed E-state index contributed by atoms with van der Waals surface area (Å²) in [6.45, 7) is -2.15. The van der Waals surface area contributed by atoms with Crippen molar-refractivity contribution in [1.82, 2.24) is 37.2 Å². The summed E-state index contributed by atoms with van der Waals surface area (Å²) in [5.74, 6) is -17.3. The quantitative estimate of drug-likeness (QED) is 0.0162. The number of aliphatic carboxylic acids is 3. The Bertz CT molecular complexity index is 1860. The molecule has 0 aliphatic heterocycles. The fraction of sp³-hybridized carbons (Fsp3) is 0.600. The van der Waals surface area contributed by atoms with Crippen LogP contribution in [0.25, 0.3) is 0 Å². The van der Waals surface area contributed by atoms with Crippen molar-refractivity contribution in [2.45, 2.75) is 113 Å². The zero-order valence-electron chi connectivity index (χ0n) is 35.8. The molecule has 0 aromatic heterocycles. The van der Waals surface area contributed by atoms with Crippen molar-refractivity contribution < 1.29 is 87.9 Å². The van der Waals surface area contributed by atoms with Crippen LogP contribution in [0.4, 0.5) is 0 Å². The van der Waals surface area contributed by atoms with Crippen LogP contribution in [0.15, 0.2) is 4.99 Å². The van der Waals surface area contributed by atoms with Crippen LogP contribution in [0.3, 0.4) is 0 Å². The Hall–Kier alpha value is -7.74. The van der Waals surface area contributed by atoms with Gasteiger partial charge in [0, 0.05) is 25.8 Å². The number of carboxylic acid groups (broad SMARTS) is 3. The van der Waals surface area contributed by atoms with Crippen molar-refractivity contribution in [3.8, 4) is 0 Å². The molecule has 67 heavy (non-hydrogen) atoms. The molecule has 0 saturated carbocycles. The number of rotatable bonds is 34. The maximum Gasteiger partial charge on any atom is 0.326 e. The Balaban J connectivity index is 6.61. The first-order valence-corrected chi connectivity index (χ1v) is 19.9. The minimum absolute atomic E-state index is 0.0243. The van der Waals surface area contributed by atoms with Gasteiger partial charge in [0.15, 0.2) is 5.96 Å². The van der Waals surface area contributed by atoms with Gasteiger partial charge >= 0.3 is 17.9 Å². The van der Waals surface area contributed by atoms with Gasteiger partial charge < -0.3 is 97.2 Å². The molecule has 0 heterocycles. The van der Waals surface area contributed by atoms with E-state index in [1.807, 2.05) is 16.0 Å². The molecule has 0 bridgehead atoms. The lowest BCUT2D eigenvalue weighted by atomic mass is 10.1. The van der Waals surface area contributed by atoms with Crippen LogP contribution in [-0.4, -0.2) is 177 Å². The average molecular weight is 963 g/mol. The molecule has 376 valence electrons. The Morgan fingerprint density at radius 1 is 0.418 bits per heavy atom. The fourth-order valence-corrected chi connectivity index (χ4v) is 5.39.